The lowest BCUT2D eigenvalue weighted by Gasteiger charge is -2.11. The summed E-state index contributed by atoms with van der Waals surface area (Å²) in [6.07, 6.45) is 2.67. The molecule has 1 heterocycles. The van der Waals surface area contributed by atoms with Gasteiger partial charge < -0.3 is 14.6 Å². The number of carbonyl (C=O) groups is 1. The predicted molar refractivity (Wildman–Crippen MR) is 68.5 cm³/mol. The van der Waals surface area contributed by atoms with Crippen LogP contribution in [-0.4, -0.2) is 23.2 Å². The summed E-state index contributed by atoms with van der Waals surface area (Å²) in [5, 5.41) is 9.03. The Morgan fingerprint density at radius 3 is 2.63 bits per heavy atom. The first-order valence-corrected chi connectivity index (χ1v) is 5.64. The summed E-state index contributed by atoms with van der Waals surface area (Å²) in [7, 11) is 1.40. The van der Waals surface area contributed by atoms with Crippen molar-refractivity contribution in [3.8, 4) is 11.5 Å². The molecule has 0 unspecified atom stereocenters. The number of aromatic carboxylic acids is 1. The average molecular weight is 259 g/mol. The Balaban J connectivity index is 2.21. The monoisotopic (exact) mass is 259 g/mol. The number of aromatic nitrogens is 1. The van der Waals surface area contributed by atoms with Crippen LogP contribution in [-0.2, 0) is 6.61 Å². The third-order valence-electron chi connectivity index (χ3n) is 2.54. The van der Waals surface area contributed by atoms with E-state index in [0.29, 0.717) is 12.4 Å². The lowest BCUT2D eigenvalue weighted by molar-refractivity contribution is 0.0691. The summed E-state index contributed by atoms with van der Waals surface area (Å²) in [5.74, 6) is -0.612. The zero-order chi connectivity index (χ0) is 13.7. The summed E-state index contributed by atoms with van der Waals surface area (Å²) in [5.41, 5.74) is 0.957. The van der Waals surface area contributed by atoms with Crippen molar-refractivity contribution in [3.63, 3.8) is 0 Å². The minimum atomic E-state index is -1.10. The lowest BCUT2D eigenvalue weighted by Crippen LogP contribution is -2.04. The van der Waals surface area contributed by atoms with Gasteiger partial charge in [-0.25, -0.2) is 4.79 Å². The first-order valence-electron chi connectivity index (χ1n) is 5.64. The molecule has 0 radical (unpaired) electrons. The molecule has 0 aliphatic heterocycles. The fourth-order valence-corrected chi connectivity index (χ4v) is 1.63. The summed E-state index contributed by atoms with van der Waals surface area (Å²) < 4.78 is 10.6. The van der Waals surface area contributed by atoms with Crippen molar-refractivity contribution in [1.29, 1.82) is 0 Å². The SMILES string of the molecule is COc1c(OCc2ccccc2)cncc1C(=O)O. The molecule has 0 bridgehead atoms. The smallest absolute Gasteiger partial charge is 0.341 e. The number of pyridine rings is 1. The lowest BCUT2D eigenvalue weighted by atomic mass is 10.2. The van der Waals surface area contributed by atoms with Gasteiger partial charge in [0.1, 0.15) is 12.2 Å². The van der Waals surface area contributed by atoms with Gasteiger partial charge in [0, 0.05) is 6.20 Å². The van der Waals surface area contributed by atoms with Gasteiger partial charge in [-0.3, -0.25) is 4.98 Å². The zero-order valence-electron chi connectivity index (χ0n) is 10.4. The van der Waals surface area contributed by atoms with E-state index in [1.807, 2.05) is 30.3 Å². The number of hydrogen-bond donors (Lipinski definition) is 1. The molecule has 98 valence electrons. The van der Waals surface area contributed by atoms with E-state index in [-0.39, 0.29) is 11.3 Å². The highest BCUT2D eigenvalue weighted by Gasteiger charge is 2.16. The largest absolute Gasteiger partial charge is 0.492 e. The van der Waals surface area contributed by atoms with E-state index in [4.69, 9.17) is 14.6 Å². The van der Waals surface area contributed by atoms with Gasteiger partial charge in [0.25, 0.3) is 0 Å². The Kier molecular flexibility index (Phi) is 3.97. The molecule has 1 aromatic heterocycles. The molecule has 0 amide bonds. The number of rotatable bonds is 5. The Labute approximate surface area is 110 Å². The highest BCUT2D eigenvalue weighted by Crippen LogP contribution is 2.30. The van der Waals surface area contributed by atoms with Crippen LogP contribution in [0, 0.1) is 0 Å². The van der Waals surface area contributed by atoms with Crippen LogP contribution >= 0.6 is 0 Å². The Hall–Kier alpha value is -2.56. The molecule has 2 aromatic rings. The van der Waals surface area contributed by atoms with E-state index < -0.39 is 5.97 Å². The molecular weight excluding hydrogens is 246 g/mol. The van der Waals surface area contributed by atoms with Crippen LogP contribution in [0.1, 0.15) is 15.9 Å². The van der Waals surface area contributed by atoms with Crippen molar-refractivity contribution in [2.24, 2.45) is 0 Å². The van der Waals surface area contributed by atoms with E-state index in [9.17, 15) is 4.79 Å². The van der Waals surface area contributed by atoms with Crippen LogP contribution in [0.3, 0.4) is 0 Å². The predicted octanol–water partition coefficient (Wildman–Crippen LogP) is 2.37. The molecule has 0 aliphatic rings. The third-order valence-corrected chi connectivity index (χ3v) is 2.54. The van der Waals surface area contributed by atoms with Crippen LogP contribution in [0.25, 0.3) is 0 Å². The Bertz CT molecular complexity index is 569. The van der Waals surface area contributed by atoms with Crippen molar-refractivity contribution in [2.75, 3.05) is 7.11 Å². The summed E-state index contributed by atoms with van der Waals surface area (Å²) in [6.45, 7) is 0.321. The van der Waals surface area contributed by atoms with Crippen LogP contribution in [0.15, 0.2) is 42.7 Å². The van der Waals surface area contributed by atoms with Gasteiger partial charge in [0.05, 0.1) is 13.3 Å². The van der Waals surface area contributed by atoms with Gasteiger partial charge in [-0.15, -0.1) is 0 Å². The zero-order valence-corrected chi connectivity index (χ0v) is 10.4. The topological polar surface area (TPSA) is 68.7 Å². The highest BCUT2D eigenvalue weighted by molar-refractivity contribution is 5.91. The van der Waals surface area contributed by atoms with Gasteiger partial charge in [0.2, 0.25) is 0 Å². The third kappa shape index (κ3) is 3.01. The maximum absolute atomic E-state index is 11.0. The quantitative estimate of drug-likeness (QED) is 0.892. The second-order valence-corrected chi connectivity index (χ2v) is 3.80. The summed E-state index contributed by atoms with van der Waals surface area (Å²) >= 11 is 0. The van der Waals surface area contributed by atoms with E-state index >= 15 is 0 Å². The number of ether oxygens (including phenoxy) is 2. The van der Waals surface area contributed by atoms with Crippen LogP contribution < -0.4 is 9.47 Å². The van der Waals surface area contributed by atoms with E-state index in [2.05, 4.69) is 4.98 Å². The summed E-state index contributed by atoms with van der Waals surface area (Å²) in [6, 6.07) is 9.56. The van der Waals surface area contributed by atoms with Gasteiger partial charge in [-0.05, 0) is 5.56 Å². The normalized spacial score (nSPS) is 9.95. The van der Waals surface area contributed by atoms with Gasteiger partial charge in [-0.2, -0.15) is 0 Å². The van der Waals surface area contributed by atoms with Crippen molar-refractivity contribution in [3.05, 3.63) is 53.9 Å². The van der Waals surface area contributed by atoms with Crippen LogP contribution in [0.4, 0.5) is 0 Å². The molecule has 0 fully saturated rings. The number of nitrogens with zero attached hydrogens (tertiary/aromatic N) is 1. The molecule has 19 heavy (non-hydrogen) atoms. The first-order chi connectivity index (χ1) is 9.22. The van der Waals surface area contributed by atoms with Crippen molar-refractivity contribution < 1.29 is 19.4 Å². The molecule has 0 spiro atoms. The average Bonchev–Trinajstić information content (AvgIpc) is 2.45. The maximum Gasteiger partial charge on any atom is 0.341 e. The number of hydrogen-bond acceptors (Lipinski definition) is 4. The van der Waals surface area contributed by atoms with Gasteiger partial charge in [0.15, 0.2) is 11.5 Å². The van der Waals surface area contributed by atoms with Crippen LogP contribution in [0.5, 0.6) is 11.5 Å². The van der Waals surface area contributed by atoms with Crippen molar-refractivity contribution in [2.45, 2.75) is 6.61 Å². The van der Waals surface area contributed by atoms with E-state index in [1.54, 1.807) is 0 Å². The number of benzene rings is 1. The molecule has 0 saturated heterocycles. The molecule has 1 N–H and O–H groups in total. The Morgan fingerprint density at radius 2 is 2.00 bits per heavy atom. The second kappa shape index (κ2) is 5.86. The summed E-state index contributed by atoms with van der Waals surface area (Å²) in [4.78, 5) is 14.9. The molecule has 0 saturated carbocycles. The van der Waals surface area contributed by atoms with Gasteiger partial charge in [-0.1, -0.05) is 30.3 Å². The molecular formula is C14H13NO4. The fourth-order valence-electron chi connectivity index (χ4n) is 1.63. The molecule has 0 atom stereocenters. The minimum Gasteiger partial charge on any atom is -0.492 e. The van der Waals surface area contributed by atoms with Crippen LogP contribution in [0.2, 0.25) is 0 Å². The van der Waals surface area contributed by atoms with Gasteiger partial charge >= 0.3 is 5.97 Å². The number of carboxylic acids is 1. The second-order valence-electron chi connectivity index (χ2n) is 3.80. The fraction of sp³-hybridized carbons (Fsp3) is 0.143. The first kappa shape index (κ1) is 12.9. The van der Waals surface area contributed by atoms with Crippen molar-refractivity contribution in [1.82, 2.24) is 4.98 Å². The molecule has 1 aromatic carbocycles. The van der Waals surface area contributed by atoms with E-state index in [1.165, 1.54) is 19.5 Å². The maximum atomic E-state index is 11.0. The number of methoxy groups -OCH3 is 1. The minimum absolute atomic E-state index is 0.0203. The van der Waals surface area contributed by atoms with Crippen molar-refractivity contribution >= 4 is 5.97 Å². The molecule has 5 heteroatoms. The molecule has 0 aliphatic carbocycles. The number of carboxylic acid groups (broad SMARTS) is 1. The van der Waals surface area contributed by atoms with E-state index in [0.717, 1.165) is 5.56 Å². The Morgan fingerprint density at radius 1 is 1.26 bits per heavy atom. The standard InChI is InChI=1S/C14H13NO4/c1-18-13-11(14(16)17)7-15-8-12(13)19-9-10-5-3-2-4-6-10/h2-8H,9H2,1H3,(H,16,17). The molecule has 2 rings (SSSR count). The molecule has 5 nitrogen and oxygen atoms in total. The highest BCUT2D eigenvalue weighted by atomic mass is 16.5.